The monoisotopic (exact) mass is 481 g/mol. The van der Waals surface area contributed by atoms with Crippen molar-refractivity contribution in [3.63, 3.8) is 0 Å². The quantitative estimate of drug-likeness (QED) is 0.618. The number of allylic oxidation sites excluding steroid dienone is 1. The molecule has 1 amide bonds. The molecule has 1 fully saturated rings. The number of nitrogens with two attached hydrogens (primary N) is 1. The Balaban J connectivity index is 1.98. The van der Waals surface area contributed by atoms with Crippen LogP contribution in [0.3, 0.4) is 0 Å². The van der Waals surface area contributed by atoms with Crippen molar-refractivity contribution in [2.75, 3.05) is 19.6 Å². The highest BCUT2D eigenvalue weighted by Gasteiger charge is 2.32. The predicted molar refractivity (Wildman–Crippen MR) is 126 cm³/mol. The zero-order valence-corrected chi connectivity index (χ0v) is 20.2. The standard InChI is InChI=1S/C24H30F3N3O2S/c1-5-17(16-6-8-30(9-7-16)12-24(25,26)27)21-15(4)20(22(28)31)19(33-21)11-18-13(2)10-14(3)29-23(18)32/h10H,5-9,11-12H2,1-4H3,(H2,28,31)(H,29,32). The van der Waals surface area contributed by atoms with Gasteiger partial charge < -0.3 is 10.7 Å². The van der Waals surface area contributed by atoms with Crippen molar-refractivity contribution in [2.24, 2.45) is 5.73 Å². The number of rotatable bonds is 6. The number of H-pyrrole nitrogens is 1. The molecular weight excluding hydrogens is 451 g/mol. The average Bonchev–Trinajstić information content (AvgIpc) is 3.01. The van der Waals surface area contributed by atoms with Crippen molar-refractivity contribution < 1.29 is 18.0 Å². The summed E-state index contributed by atoms with van der Waals surface area (Å²) >= 11 is 1.46. The van der Waals surface area contributed by atoms with Crippen LogP contribution in [0.5, 0.6) is 0 Å². The summed E-state index contributed by atoms with van der Waals surface area (Å²) in [5.41, 5.74) is 11.2. The molecule has 0 atom stereocenters. The molecule has 1 saturated heterocycles. The van der Waals surface area contributed by atoms with Gasteiger partial charge in [-0.1, -0.05) is 12.5 Å². The Labute approximate surface area is 195 Å². The summed E-state index contributed by atoms with van der Waals surface area (Å²) in [6, 6.07) is 1.90. The van der Waals surface area contributed by atoms with Crippen LogP contribution in [0, 0.1) is 20.8 Å². The van der Waals surface area contributed by atoms with E-state index in [0.29, 0.717) is 49.9 Å². The predicted octanol–water partition coefficient (Wildman–Crippen LogP) is 4.87. The topological polar surface area (TPSA) is 79.2 Å². The van der Waals surface area contributed by atoms with Crippen LogP contribution in [-0.2, 0) is 6.42 Å². The number of primary amides is 1. The second kappa shape index (κ2) is 9.85. The Kier molecular flexibility index (Phi) is 7.53. The molecule has 5 nitrogen and oxygen atoms in total. The third-order valence-electron chi connectivity index (χ3n) is 6.21. The van der Waals surface area contributed by atoms with E-state index in [1.165, 1.54) is 16.2 Å². The number of aromatic nitrogens is 1. The van der Waals surface area contributed by atoms with E-state index in [2.05, 4.69) is 4.98 Å². The molecule has 3 N–H and O–H groups in total. The van der Waals surface area contributed by atoms with E-state index in [1.807, 2.05) is 33.8 Å². The zero-order chi connectivity index (χ0) is 24.5. The minimum atomic E-state index is -4.20. The minimum Gasteiger partial charge on any atom is -0.366 e. The van der Waals surface area contributed by atoms with Crippen LogP contribution >= 0.6 is 11.3 Å². The van der Waals surface area contributed by atoms with Crippen LogP contribution in [-0.4, -0.2) is 41.6 Å². The fraction of sp³-hybridized carbons (Fsp3) is 0.500. The fourth-order valence-corrected chi connectivity index (χ4v) is 6.16. The molecule has 0 spiro atoms. The van der Waals surface area contributed by atoms with Crippen molar-refractivity contribution in [1.29, 1.82) is 0 Å². The average molecular weight is 482 g/mol. The van der Waals surface area contributed by atoms with Gasteiger partial charge in [0.2, 0.25) is 5.91 Å². The smallest absolute Gasteiger partial charge is 0.366 e. The molecule has 1 aliphatic rings. The van der Waals surface area contributed by atoms with Gasteiger partial charge in [0.15, 0.2) is 0 Å². The summed E-state index contributed by atoms with van der Waals surface area (Å²) in [7, 11) is 0. The lowest BCUT2D eigenvalue weighted by molar-refractivity contribution is -0.146. The third-order valence-corrected chi connectivity index (χ3v) is 7.57. The normalized spacial score (nSPS) is 15.2. The fourth-order valence-electron chi connectivity index (χ4n) is 4.68. The number of hydrogen-bond donors (Lipinski definition) is 2. The number of hydrogen-bond acceptors (Lipinski definition) is 4. The number of nitrogens with one attached hydrogen (secondary N) is 1. The van der Waals surface area contributed by atoms with Crippen molar-refractivity contribution >= 4 is 22.8 Å². The molecule has 0 bridgehead atoms. The lowest BCUT2D eigenvalue weighted by Gasteiger charge is -2.30. The van der Waals surface area contributed by atoms with Gasteiger partial charge in [-0.15, -0.1) is 11.3 Å². The van der Waals surface area contributed by atoms with Crippen molar-refractivity contribution in [3.05, 3.63) is 59.7 Å². The van der Waals surface area contributed by atoms with Crippen LogP contribution in [0.2, 0.25) is 0 Å². The number of halogens is 3. The molecule has 2 aromatic heterocycles. The third kappa shape index (κ3) is 5.76. The highest BCUT2D eigenvalue weighted by atomic mass is 32.1. The van der Waals surface area contributed by atoms with Gasteiger partial charge in [0, 0.05) is 40.5 Å². The van der Waals surface area contributed by atoms with Gasteiger partial charge in [-0.25, -0.2) is 0 Å². The van der Waals surface area contributed by atoms with Gasteiger partial charge in [-0.3, -0.25) is 14.5 Å². The second-order valence-electron chi connectivity index (χ2n) is 8.67. The first kappa shape index (κ1) is 25.2. The highest BCUT2D eigenvalue weighted by Crippen LogP contribution is 2.39. The van der Waals surface area contributed by atoms with E-state index >= 15 is 0 Å². The molecule has 3 heterocycles. The number of aryl methyl sites for hydroxylation is 2. The maximum Gasteiger partial charge on any atom is 0.401 e. The Morgan fingerprint density at radius 2 is 1.85 bits per heavy atom. The first-order chi connectivity index (χ1) is 15.4. The van der Waals surface area contributed by atoms with Crippen LogP contribution in [0.1, 0.15) is 68.7 Å². The Hall–Kier alpha value is -2.39. The summed E-state index contributed by atoms with van der Waals surface area (Å²) in [5, 5.41) is 0. The number of likely N-dealkylation sites (tertiary alicyclic amines) is 1. The maximum atomic E-state index is 12.7. The van der Waals surface area contributed by atoms with Crippen LogP contribution in [0.25, 0.3) is 5.57 Å². The molecule has 9 heteroatoms. The minimum absolute atomic E-state index is 0.179. The van der Waals surface area contributed by atoms with Crippen LogP contribution < -0.4 is 11.3 Å². The maximum absolute atomic E-state index is 12.7. The van der Waals surface area contributed by atoms with E-state index in [4.69, 9.17) is 5.73 Å². The number of carbonyl (C=O) groups is 1. The molecule has 1 aliphatic heterocycles. The first-order valence-corrected chi connectivity index (χ1v) is 11.8. The van der Waals surface area contributed by atoms with E-state index in [9.17, 15) is 22.8 Å². The largest absolute Gasteiger partial charge is 0.401 e. The summed E-state index contributed by atoms with van der Waals surface area (Å²) < 4.78 is 38.2. The van der Waals surface area contributed by atoms with Crippen molar-refractivity contribution in [3.8, 4) is 0 Å². The molecule has 2 aromatic rings. The number of carbonyl (C=O) groups excluding carboxylic acids is 1. The zero-order valence-electron chi connectivity index (χ0n) is 19.4. The highest BCUT2D eigenvalue weighted by molar-refractivity contribution is 7.13. The number of pyridine rings is 1. The van der Waals surface area contributed by atoms with Crippen LogP contribution in [0.15, 0.2) is 16.4 Å². The number of nitrogens with zero attached hydrogens (tertiary/aromatic N) is 1. The lowest BCUT2D eigenvalue weighted by atomic mass is 9.92. The molecular formula is C24H30F3N3O2S. The lowest BCUT2D eigenvalue weighted by Crippen LogP contribution is -2.38. The van der Waals surface area contributed by atoms with Gasteiger partial charge in [0.05, 0.1) is 12.1 Å². The summed E-state index contributed by atoms with van der Waals surface area (Å²) in [6.07, 6.45) is -2.06. The molecule has 0 unspecified atom stereocenters. The molecule has 33 heavy (non-hydrogen) atoms. The number of piperidine rings is 1. The summed E-state index contributed by atoms with van der Waals surface area (Å²) in [5.74, 6) is -0.536. The number of alkyl halides is 3. The SMILES string of the molecule is CCC(=C1CCN(CC(F)(F)F)CC1)c1sc(Cc2c(C)cc(C)[nH]c2=O)c(C(N)=O)c1C. The summed E-state index contributed by atoms with van der Waals surface area (Å²) in [6.45, 7) is 7.39. The number of amides is 1. The number of aromatic amines is 1. The van der Waals surface area contributed by atoms with Crippen molar-refractivity contribution in [1.82, 2.24) is 9.88 Å². The molecule has 0 radical (unpaired) electrons. The molecule has 0 aliphatic carbocycles. The second-order valence-corrected chi connectivity index (χ2v) is 9.77. The Morgan fingerprint density at radius 1 is 1.21 bits per heavy atom. The molecule has 3 rings (SSSR count). The Morgan fingerprint density at radius 3 is 2.36 bits per heavy atom. The van der Waals surface area contributed by atoms with Crippen molar-refractivity contribution in [2.45, 2.75) is 59.6 Å². The molecule has 180 valence electrons. The van der Waals surface area contributed by atoms with Gasteiger partial charge in [-0.05, 0) is 62.8 Å². The van der Waals surface area contributed by atoms with E-state index < -0.39 is 18.6 Å². The first-order valence-electron chi connectivity index (χ1n) is 11.0. The van der Waals surface area contributed by atoms with Gasteiger partial charge in [0.1, 0.15) is 0 Å². The van der Waals surface area contributed by atoms with Gasteiger partial charge in [-0.2, -0.15) is 13.2 Å². The number of thiophene rings is 1. The molecule has 0 saturated carbocycles. The van der Waals surface area contributed by atoms with Gasteiger partial charge >= 0.3 is 6.18 Å². The Bertz CT molecular complexity index is 1140. The van der Waals surface area contributed by atoms with E-state index in [-0.39, 0.29) is 5.56 Å². The summed E-state index contributed by atoms with van der Waals surface area (Å²) in [4.78, 5) is 30.8. The van der Waals surface area contributed by atoms with Gasteiger partial charge in [0.25, 0.3) is 5.56 Å². The van der Waals surface area contributed by atoms with Crippen LogP contribution in [0.4, 0.5) is 13.2 Å². The molecule has 0 aromatic carbocycles. The van der Waals surface area contributed by atoms with E-state index in [1.54, 1.807) is 0 Å². The van der Waals surface area contributed by atoms with E-state index in [0.717, 1.165) is 37.7 Å².